The SMILES string of the molecule is Fc1cccc(CN2C[C@@H]3N[C@H](C2)C3c2ccc(-c3cncnc3)cc2)c1. The highest BCUT2D eigenvalue weighted by Gasteiger charge is 2.46. The summed E-state index contributed by atoms with van der Waals surface area (Å²) in [5, 5.41) is 3.67. The van der Waals surface area contributed by atoms with Gasteiger partial charge in [0.15, 0.2) is 0 Å². The summed E-state index contributed by atoms with van der Waals surface area (Å²) < 4.78 is 13.4. The van der Waals surface area contributed by atoms with Crippen molar-refractivity contribution in [1.29, 1.82) is 0 Å². The molecule has 3 aliphatic rings. The van der Waals surface area contributed by atoms with Gasteiger partial charge in [0.05, 0.1) is 0 Å². The number of hydrogen-bond acceptors (Lipinski definition) is 4. The molecule has 3 aliphatic heterocycles. The maximum Gasteiger partial charge on any atom is 0.123 e. The molecule has 2 aromatic carbocycles. The second kappa shape index (κ2) is 6.83. The van der Waals surface area contributed by atoms with Crippen LogP contribution in [0.15, 0.2) is 67.3 Å². The molecule has 0 radical (unpaired) electrons. The highest BCUT2D eigenvalue weighted by Crippen LogP contribution is 2.37. The highest BCUT2D eigenvalue weighted by molar-refractivity contribution is 5.61. The van der Waals surface area contributed by atoms with Crippen molar-refractivity contribution in [3.05, 3.63) is 84.2 Å². The van der Waals surface area contributed by atoms with Crippen LogP contribution in [0.2, 0.25) is 0 Å². The van der Waals surface area contributed by atoms with Crippen molar-refractivity contribution >= 4 is 0 Å². The van der Waals surface area contributed by atoms with E-state index in [2.05, 4.69) is 44.5 Å². The van der Waals surface area contributed by atoms with Gasteiger partial charge in [-0.05, 0) is 28.8 Å². The van der Waals surface area contributed by atoms with Gasteiger partial charge in [0, 0.05) is 55.6 Å². The number of halogens is 1. The number of hydrogen-bond donors (Lipinski definition) is 1. The lowest BCUT2D eigenvalue weighted by Crippen LogP contribution is -2.71. The van der Waals surface area contributed by atoms with Crippen LogP contribution in [0.3, 0.4) is 0 Å². The van der Waals surface area contributed by atoms with Crippen molar-refractivity contribution in [2.45, 2.75) is 24.5 Å². The molecular formula is C22H21FN4. The summed E-state index contributed by atoms with van der Waals surface area (Å²) in [4.78, 5) is 10.6. The minimum atomic E-state index is -0.158. The monoisotopic (exact) mass is 360 g/mol. The van der Waals surface area contributed by atoms with Crippen LogP contribution in [-0.4, -0.2) is 40.0 Å². The molecule has 4 heterocycles. The van der Waals surface area contributed by atoms with Crippen LogP contribution in [0.4, 0.5) is 4.39 Å². The predicted molar refractivity (Wildman–Crippen MR) is 103 cm³/mol. The largest absolute Gasteiger partial charge is 0.307 e. The molecule has 3 atom stereocenters. The standard InChI is InChI=1S/C22H21FN4/c23-19-3-1-2-15(8-19)11-27-12-20-22(21(13-27)26-20)17-6-4-16(5-7-17)18-9-24-14-25-10-18/h1-10,14,20-22,26H,11-13H2/t20-,21+,22?. The normalized spacial score (nSPS) is 24.4. The van der Waals surface area contributed by atoms with Crippen LogP contribution in [0.5, 0.6) is 0 Å². The summed E-state index contributed by atoms with van der Waals surface area (Å²) in [7, 11) is 0. The zero-order chi connectivity index (χ0) is 18.2. The molecule has 6 rings (SSSR count). The zero-order valence-electron chi connectivity index (χ0n) is 14.9. The fourth-order valence-corrected chi connectivity index (χ4v) is 4.44. The Morgan fingerprint density at radius 2 is 1.70 bits per heavy atom. The smallest absolute Gasteiger partial charge is 0.123 e. The average Bonchev–Trinajstić information content (AvgIpc) is 2.69. The Labute approximate surface area is 158 Å². The second-order valence-electron chi connectivity index (χ2n) is 7.48. The summed E-state index contributed by atoms with van der Waals surface area (Å²) in [6.45, 7) is 2.80. The first-order valence-electron chi connectivity index (χ1n) is 9.34. The number of fused-ring (bicyclic) bond motifs is 2. The quantitative estimate of drug-likeness (QED) is 0.776. The van der Waals surface area contributed by atoms with Crippen molar-refractivity contribution in [2.24, 2.45) is 0 Å². The summed E-state index contributed by atoms with van der Waals surface area (Å²) in [5.74, 6) is 0.393. The van der Waals surface area contributed by atoms with E-state index in [-0.39, 0.29) is 5.82 Å². The second-order valence-corrected chi connectivity index (χ2v) is 7.48. The number of nitrogens with zero attached hydrogens (tertiary/aromatic N) is 3. The topological polar surface area (TPSA) is 41.0 Å². The van der Waals surface area contributed by atoms with Crippen molar-refractivity contribution in [1.82, 2.24) is 20.2 Å². The van der Waals surface area contributed by atoms with Crippen LogP contribution in [0, 0.1) is 5.82 Å². The minimum absolute atomic E-state index is 0.158. The molecule has 5 heteroatoms. The lowest BCUT2D eigenvalue weighted by Gasteiger charge is -2.55. The molecule has 27 heavy (non-hydrogen) atoms. The van der Waals surface area contributed by atoms with E-state index in [4.69, 9.17) is 0 Å². The summed E-state index contributed by atoms with van der Waals surface area (Å²) in [5.41, 5.74) is 4.61. The molecule has 3 saturated heterocycles. The van der Waals surface area contributed by atoms with Gasteiger partial charge < -0.3 is 5.32 Å². The molecule has 136 valence electrons. The fourth-order valence-electron chi connectivity index (χ4n) is 4.44. The Morgan fingerprint density at radius 3 is 2.41 bits per heavy atom. The van der Waals surface area contributed by atoms with Gasteiger partial charge in [-0.3, -0.25) is 4.90 Å². The third-order valence-electron chi connectivity index (χ3n) is 5.69. The molecule has 2 bridgehead atoms. The summed E-state index contributed by atoms with van der Waals surface area (Å²) >= 11 is 0. The van der Waals surface area contributed by atoms with Gasteiger partial charge in [-0.2, -0.15) is 0 Å². The van der Waals surface area contributed by atoms with E-state index < -0.39 is 0 Å². The number of benzene rings is 2. The molecule has 4 nitrogen and oxygen atoms in total. The molecule has 0 amide bonds. The molecular weight excluding hydrogens is 339 g/mol. The van der Waals surface area contributed by atoms with Gasteiger partial charge in [-0.15, -0.1) is 0 Å². The van der Waals surface area contributed by atoms with E-state index in [1.165, 1.54) is 11.6 Å². The van der Waals surface area contributed by atoms with E-state index in [1.54, 1.807) is 18.5 Å². The molecule has 0 aliphatic carbocycles. The molecule has 1 N–H and O–H groups in total. The number of piperazine rings is 1. The number of aromatic nitrogens is 2. The van der Waals surface area contributed by atoms with Gasteiger partial charge in [0.2, 0.25) is 0 Å². The van der Waals surface area contributed by atoms with Crippen LogP contribution in [-0.2, 0) is 6.54 Å². The lowest BCUT2D eigenvalue weighted by molar-refractivity contribution is 0.0470. The summed E-state index contributed by atoms with van der Waals surface area (Å²) in [6, 6.07) is 16.6. The van der Waals surface area contributed by atoms with Crippen LogP contribution in [0.25, 0.3) is 11.1 Å². The molecule has 0 saturated carbocycles. The Morgan fingerprint density at radius 1 is 0.963 bits per heavy atom. The number of nitrogens with one attached hydrogen (secondary N) is 1. The number of piperidine rings is 1. The van der Waals surface area contributed by atoms with E-state index >= 15 is 0 Å². The highest BCUT2D eigenvalue weighted by atomic mass is 19.1. The van der Waals surface area contributed by atoms with Gasteiger partial charge in [0.25, 0.3) is 0 Å². The van der Waals surface area contributed by atoms with Crippen molar-refractivity contribution < 1.29 is 4.39 Å². The first-order valence-corrected chi connectivity index (χ1v) is 9.34. The van der Waals surface area contributed by atoms with Gasteiger partial charge in [-0.25, -0.2) is 14.4 Å². The van der Waals surface area contributed by atoms with E-state index in [0.29, 0.717) is 18.0 Å². The maximum atomic E-state index is 13.4. The first kappa shape index (κ1) is 16.5. The summed E-state index contributed by atoms with van der Waals surface area (Å²) in [6.07, 6.45) is 5.23. The molecule has 0 spiro atoms. The van der Waals surface area contributed by atoms with E-state index in [0.717, 1.165) is 36.3 Å². The molecule has 1 aromatic heterocycles. The maximum absolute atomic E-state index is 13.4. The average molecular weight is 360 g/mol. The minimum Gasteiger partial charge on any atom is -0.307 e. The Bertz CT molecular complexity index is 917. The Kier molecular flexibility index (Phi) is 4.19. The van der Waals surface area contributed by atoms with Crippen molar-refractivity contribution in [3.8, 4) is 11.1 Å². The van der Waals surface area contributed by atoms with Crippen LogP contribution >= 0.6 is 0 Å². The zero-order valence-corrected chi connectivity index (χ0v) is 14.9. The van der Waals surface area contributed by atoms with E-state index in [1.807, 2.05) is 18.5 Å². The molecule has 1 unspecified atom stereocenters. The van der Waals surface area contributed by atoms with Gasteiger partial charge in [0.1, 0.15) is 12.1 Å². The van der Waals surface area contributed by atoms with E-state index in [9.17, 15) is 4.39 Å². The fraction of sp³-hybridized carbons (Fsp3) is 0.273. The van der Waals surface area contributed by atoms with Crippen LogP contribution < -0.4 is 5.32 Å². The third kappa shape index (κ3) is 3.24. The van der Waals surface area contributed by atoms with Gasteiger partial charge in [-0.1, -0.05) is 36.4 Å². The molecule has 3 aromatic rings. The predicted octanol–water partition coefficient (Wildman–Crippen LogP) is 3.22. The lowest BCUT2D eigenvalue weighted by atomic mass is 9.74. The molecule has 3 fully saturated rings. The number of rotatable bonds is 4. The Hall–Kier alpha value is -2.63. The van der Waals surface area contributed by atoms with Crippen LogP contribution in [0.1, 0.15) is 17.0 Å². The Balaban J connectivity index is 1.26. The van der Waals surface area contributed by atoms with Gasteiger partial charge >= 0.3 is 0 Å². The third-order valence-corrected chi connectivity index (χ3v) is 5.69. The van der Waals surface area contributed by atoms with Crippen molar-refractivity contribution in [2.75, 3.05) is 13.1 Å². The first-order chi connectivity index (χ1) is 13.3. The van der Waals surface area contributed by atoms with Crippen molar-refractivity contribution in [3.63, 3.8) is 0 Å².